The fourth-order valence-electron chi connectivity index (χ4n) is 2.01. The zero-order chi connectivity index (χ0) is 17.8. The predicted octanol–water partition coefficient (Wildman–Crippen LogP) is 2.97. The molecule has 23 heavy (non-hydrogen) atoms. The highest BCUT2D eigenvalue weighted by Gasteiger charge is 2.26. The van der Waals surface area contributed by atoms with Gasteiger partial charge < -0.3 is 15.0 Å². The summed E-state index contributed by atoms with van der Waals surface area (Å²) in [4.78, 5) is 26.0. The highest BCUT2D eigenvalue weighted by atomic mass is 79.9. The number of nitrogens with one attached hydrogen (secondary N) is 1. The van der Waals surface area contributed by atoms with Gasteiger partial charge in [-0.05, 0) is 25.1 Å². The van der Waals surface area contributed by atoms with Gasteiger partial charge in [-0.3, -0.25) is 9.59 Å². The molecule has 1 aromatic carbocycles. The molecule has 1 rings (SSSR count). The zero-order valence-corrected chi connectivity index (χ0v) is 16.2. The Labute approximate surface area is 146 Å². The number of benzene rings is 1. The molecule has 6 heteroatoms. The van der Waals surface area contributed by atoms with Crippen molar-refractivity contribution in [3.8, 4) is 5.75 Å². The van der Waals surface area contributed by atoms with Gasteiger partial charge in [0.2, 0.25) is 11.8 Å². The van der Waals surface area contributed by atoms with E-state index >= 15 is 0 Å². The molecule has 0 saturated carbocycles. The molecule has 1 aromatic rings. The van der Waals surface area contributed by atoms with Crippen LogP contribution in [-0.4, -0.2) is 36.9 Å². The van der Waals surface area contributed by atoms with Gasteiger partial charge in [-0.15, -0.1) is 0 Å². The summed E-state index contributed by atoms with van der Waals surface area (Å²) in [6.07, 6.45) is 0. The smallest absolute Gasteiger partial charge is 0.244 e. The van der Waals surface area contributed by atoms with Crippen molar-refractivity contribution in [1.29, 1.82) is 0 Å². The van der Waals surface area contributed by atoms with Crippen LogP contribution in [0.25, 0.3) is 0 Å². The number of rotatable bonds is 5. The van der Waals surface area contributed by atoms with Gasteiger partial charge in [0, 0.05) is 29.0 Å². The van der Waals surface area contributed by atoms with E-state index in [-0.39, 0.29) is 11.8 Å². The van der Waals surface area contributed by atoms with Crippen LogP contribution in [0.2, 0.25) is 0 Å². The quantitative estimate of drug-likeness (QED) is 0.848. The number of ether oxygens (including phenoxy) is 1. The summed E-state index contributed by atoms with van der Waals surface area (Å²) in [5.41, 5.74) is 0.368. The summed E-state index contributed by atoms with van der Waals surface area (Å²) < 4.78 is 6.24. The minimum atomic E-state index is -0.579. The topological polar surface area (TPSA) is 58.6 Å². The van der Waals surface area contributed by atoms with Gasteiger partial charge in [-0.1, -0.05) is 36.7 Å². The molecular formula is C17H25BrN2O3. The van der Waals surface area contributed by atoms with Crippen molar-refractivity contribution in [2.45, 2.75) is 40.3 Å². The monoisotopic (exact) mass is 384 g/mol. The number of hydrogen-bond donors (Lipinski definition) is 1. The van der Waals surface area contributed by atoms with E-state index in [2.05, 4.69) is 21.2 Å². The van der Waals surface area contributed by atoms with Gasteiger partial charge in [-0.25, -0.2) is 0 Å². The van der Waals surface area contributed by atoms with Gasteiger partial charge in [0.05, 0.1) is 7.11 Å². The van der Waals surface area contributed by atoms with Crippen molar-refractivity contribution in [3.05, 3.63) is 28.2 Å². The number of hydrogen-bond acceptors (Lipinski definition) is 3. The number of carbonyl (C=O) groups excluding carboxylic acids is 2. The van der Waals surface area contributed by atoms with Gasteiger partial charge in [0.1, 0.15) is 11.8 Å². The molecule has 0 aromatic heterocycles. The summed E-state index contributed by atoms with van der Waals surface area (Å²) in [5, 5.41) is 2.76. The SMILES string of the molecule is COc1ccc(Br)cc1CN(C)C(=O)[C@@H](C)NC(=O)C(C)(C)C. The lowest BCUT2D eigenvalue weighted by atomic mass is 9.95. The Kier molecular flexibility index (Phi) is 6.62. The maximum Gasteiger partial charge on any atom is 0.244 e. The predicted molar refractivity (Wildman–Crippen MR) is 94.2 cm³/mol. The summed E-state index contributed by atoms with van der Waals surface area (Å²) in [7, 11) is 3.31. The van der Waals surface area contributed by atoms with E-state index in [9.17, 15) is 9.59 Å². The summed E-state index contributed by atoms with van der Waals surface area (Å²) in [6.45, 7) is 7.54. The minimum Gasteiger partial charge on any atom is -0.496 e. The van der Waals surface area contributed by atoms with Crippen molar-refractivity contribution in [2.24, 2.45) is 5.41 Å². The Hall–Kier alpha value is -1.56. The van der Waals surface area contributed by atoms with Crippen LogP contribution in [0.3, 0.4) is 0 Å². The first-order valence-corrected chi connectivity index (χ1v) is 8.24. The molecule has 128 valence electrons. The molecule has 0 radical (unpaired) electrons. The standard InChI is InChI=1S/C17H25BrN2O3/c1-11(19-16(22)17(2,3)4)15(21)20(5)10-12-9-13(18)7-8-14(12)23-6/h7-9,11H,10H2,1-6H3,(H,19,22)/t11-/m1/s1. The Bertz CT molecular complexity index is 582. The lowest BCUT2D eigenvalue weighted by Crippen LogP contribution is -2.48. The third kappa shape index (κ3) is 5.53. The second-order valence-corrected chi connectivity index (χ2v) is 7.51. The average molecular weight is 385 g/mol. The van der Waals surface area contributed by atoms with E-state index < -0.39 is 11.5 Å². The van der Waals surface area contributed by atoms with Gasteiger partial charge in [0.15, 0.2) is 0 Å². The molecule has 0 bridgehead atoms. The third-order valence-corrected chi connectivity index (χ3v) is 3.92. The Balaban J connectivity index is 2.78. The van der Waals surface area contributed by atoms with E-state index in [4.69, 9.17) is 4.74 Å². The van der Waals surface area contributed by atoms with Gasteiger partial charge in [-0.2, -0.15) is 0 Å². The molecule has 0 saturated heterocycles. The van der Waals surface area contributed by atoms with E-state index in [1.165, 1.54) is 0 Å². The van der Waals surface area contributed by atoms with Crippen molar-refractivity contribution >= 4 is 27.7 Å². The largest absolute Gasteiger partial charge is 0.496 e. The van der Waals surface area contributed by atoms with Gasteiger partial charge >= 0.3 is 0 Å². The Morgan fingerprint density at radius 1 is 1.35 bits per heavy atom. The lowest BCUT2D eigenvalue weighted by molar-refractivity contribution is -0.137. The van der Waals surface area contributed by atoms with Crippen molar-refractivity contribution < 1.29 is 14.3 Å². The van der Waals surface area contributed by atoms with Crippen LogP contribution in [0, 0.1) is 5.41 Å². The fraction of sp³-hybridized carbons (Fsp3) is 0.529. The molecule has 1 N–H and O–H groups in total. The number of likely N-dealkylation sites (N-methyl/N-ethyl adjacent to an activating group) is 1. The maximum absolute atomic E-state index is 12.5. The van der Waals surface area contributed by atoms with Crippen molar-refractivity contribution in [3.63, 3.8) is 0 Å². The summed E-state index contributed by atoms with van der Waals surface area (Å²) >= 11 is 3.42. The number of halogens is 1. The fourth-order valence-corrected chi connectivity index (χ4v) is 2.42. The molecule has 0 spiro atoms. The van der Waals surface area contributed by atoms with E-state index in [0.29, 0.717) is 6.54 Å². The molecule has 0 aliphatic rings. The Morgan fingerprint density at radius 3 is 2.48 bits per heavy atom. The summed E-state index contributed by atoms with van der Waals surface area (Å²) in [6, 6.07) is 5.07. The van der Waals surface area contributed by atoms with Crippen LogP contribution >= 0.6 is 15.9 Å². The average Bonchev–Trinajstić information content (AvgIpc) is 2.45. The van der Waals surface area contributed by atoms with Crippen LogP contribution in [0.15, 0.2) is 22.7 Å². The first-order chi connectivity index (χ1) is 10.6. The lowest BCUT2D eigenvalue weighted by Gasteiger charge is -2.25. The number of methoxy groups -OCH3 is 1. The maximum atomic E-state index is 12.5. The number of amides is 2. The molecular weight excluding hydrogens is 360 g/mol. The second-order valence-electron chi connectivity index (χ2n) is 6.60. The van der Waals surface area contributed by atoms with E-state index in [0.717, 1.165) is 15.8 Å². The first-order valence-electron chi connectivity index (χ1n) is 7.44. The Morgan fingerprint density at radius 2 is 1.96 bits per heavy atom. The molecule has 1 atom stereocenters. The van der Waals surface area contributed by atoms with Crippen LogP contribution in [0.1, 0.15) is 33.3 Å². The molecule has 0 fully saturated rings. The highest BCUT2D eigenvalue weighted by molar-refractivity contribution is 9.10. The van der Waals surface area contributed by atoms with Crippen molar-refractivity contribution in [1.82, 2.24) is 10.2 Å². The minimum absolute atomic E-state index is 0.146. The van der Waals surface area contributed by atoms with E-state index in [1.807, 2.05) is 39.0 Å². The highest BCUT2D eigenvalue weighted by Crippen LogP contribution is 2.24. The van der Waals surface area contributed by atoms with Crippen LogP contribution < -0.4 is 10.1 Å². The molecule has 0 aliphatic carbocycles. The molecule has 0 heterocycles. The first kappa shape index (κ1) is 19.5. The molecule has 2 amide bonds. The third-order valence-electron chi connectivity index (χ3n) is 3.43. The van der Waals surface area contributed by atoms with E-state index in [1.54, 1.807) is 26.0 Å². The number of carbonyl (C=O) groups is 2. The van der Waals surface area contributed by atoms with Crippen molar-refractivity contribution in [2.75, 3.05) is 14.2 Å². The molecule has 5 nitrogen and oxygen atoms in total. The normalized spacial score (nSPS) is 12.5. The summed E-state index contributed by atoms with van der Waals surface area (Å²) in [5.74, 6) is 0.427. The van der Waals surface area contributed by atoms with Crippen LogP contribution in [-0.2, 0) is 16.1 Å². The van der Waals surface area contributed by atoms with Crippen LogP contribution in [0.5, 0.6) is 5.75 Å². The van der Waals surface area contributed by atoms with Crippen LogP contribution in [0.4, 0.5) is 0 Å². The van der Waals surface area contributed by atoms with Gasteiger partial charge in [0.25, 0.3) is 0 Å². The second kappa shape index (κ2) is 7.81. The number of nitrogens with zero attached hydrogens (tertiary/aromatic N) is 1. The molecule has 0 aliphatic heterocycles. The zero-order valence-electron chi connectivity index (χ0n) is 14.6. The molecule has 0 unspecified atom stereocenters.